The average Bonchev–Trinajstić information content (AvgIpc) is 2.66. The third kappa shape index (κ3) is 2.56. The van der Waals surface area contributed by atoms with Gasteiger partial charge in [-0.3, -0.25) is 0 Å². The minimum Gasteiger partial charge on any atom is -0.479 e. The summed E-state index contributed by atoms with van der Waals surface area (Å²) in [5, 5.41) is 10.9. The number of aliphatic carboxylic acids is 1. The van der Waals surface area contributed by atoms with Gasteiger partial charge in [0.15, 0.2) is 5.60 Å². The number of carboxylic acids is 1. The van der Waals surface area contributed by atoms with E-state index < -0.39 is 11.6 Å². The second-order valence-corrected chi connectivity index (χ2v) is 4.29. The van der Waals surface area contributed by atoms with Crippen LogP contribution in [0.25, 0.3) is 0 Å². The van der Waals surface area contributed by atoms with Crippen LogP contribution in [0.2, 0.25) is 0 Å². The number of thiophene rings is 1. The summed E-state index contributed by atoms with van der Waals surface area (Å²) in [4.78, 5) is 11.9. The smallest absolute Gasteiger partial charge is 0.335 e. The molecule has 1 N–H and O–H groups in total. The van der Waals surface area contributed by atoms with Gasteiger partial charge in [-0.1, -0.05) is 13.0 Å². The molecule has 1 aromatic heterocycles. The highest BCUT2D eigenvalue weighted by Gasteiger charge is 2.31. The van der Waals surface area contributed by atoms with Crippen LogP contribution < -0.4 is 0 Å². The van der Waals surface area contributed by atoms with E-state index in [1.54, 1.807) is 18.3 Å². The molecule has 1 aromatic rings. The number of ether oxygens (including phenoxy) is 1. The molecule has 14 heavy (non-hydrogen) atoms. The summed E-state index contributed by atoms with van der Waals surface area (Å²) in [6.45, 7) is 3.78. The SMILES string of the molecule is CCC(C)(OCc1cccs1)C(=O)O. The Morgan fingerprint density at radius 1 is 1.71 bits per heavy atom. The molecular formula is C10H14O3S. The molecule has 1 heterocycles. The normalized spacial score (nSPS) is 15.0. The minimum atomic E-state index is -1.07. The topological polar surface area (TPSA) is 46.5 Å². The molecule has 0 aliphatic heterocycles. The highest BCUT2D eigenvalue weighted by Crippen LogP contribution is 2.19. The van der Waals surface area contributed by atoms with Gasteiger partial charge in [-0.15, -0.1) is 11.3 Å². The van der Waals surface area contributed by atoms with Gasteiger partial charge in [0.1, 0.15) is 0 Å². The molecule has 0 aliphatic rings. The summed E-state index contributed by atoms with van der Waals surface area (Å²) >= 11 is 1.57. The molecule has 1 atom stereocenters. The van der Waals surface area contributed by atoms with Gasteiger partial charge < -0.3 is 9.84 Å². The molecule has 4 heteroatoms. The van der Waals surface area contributed by atoms with Crippen molar-refractivity contribution in [3.05, 3.63) is 22.4 Å². The van der Waals surface area contributed by atoms with Crippen LogP contribution in [0.5, 0.6) is 0 Å². The molecule has 0 radical (unpaired) electrons. The summed E-state index contributed by atoms with van der Waals surface area (Å²) in [7, 11) is 0. The molecule has 0 aliphatic carbocycles. The van der Waals surface area contributed by atoms with E-state index in [2.05, 4.69) is 0 Å². The first-order valence-corrected chi connectivity index (χ1v) is 5.36. The molecule has 1 unspecified atom stereocenters. The molecule has 0 saturated heterocycles. The minimum absolute atomic E-state index is 0.369. The van der Waals surface area contributed by atoms with E-state index in [4.69, 9.17) is 9.84 Å². The summed E-state index contributed by atoms with van der Waals surface area (Å²) in [6, 6.07) is 3.86. The maximum Gasteiger partial charge on any atom is 0.335 e. The van der Waals surface area contributed by atoms with E-state index >= 15 is 0 Å². The Hall–Kier alpha value is -0.870. The highest BCUT2D eigenvalue weighted by molar-refractivity contribution is 7.09. The van der Waals surface area contributed by atoms with Gasteiger partial charge in [0.2, 0.25) is 0 Å². The highest BCUT2D eigenvalue weighted by atomic mass is 32.1. The standard InChI is InChI=1S/C10H14O3S/c1-3-10(2,9(11)12)13-7-8-5-4-6-14-8/h4-6H,3,7H2,1-2H3,(H,11,12). The third-order valence-corrected chi connectivity index (χ3v) is 3.09. The Labute approximate surface area is 87.3 Å². The first-order valence-electron chi connectivity index (χ1n) is 4.48. The van der Waals surface area contributed by atoms with Crippen molar-refractivity contribution in [1.29, 1.82) is 0 Å². The molecular weight excluding hydrogens is 200 g/mol. The Morgan fingerprint density at radius 3 is 2.86 bits per heavy atom. The van der Waals surface area contributed by atoms with Gasteiger partial charge in [-0.2, -0.15) is 0 Å². The van der Waals surface area contributed by atoms with E-state index in [0.717, 1.165) is 4.88 Å². The molecule has 0 amide bonds. The van der Waals surface area contributed by atoms with E-state index in [1.807, 2.05) is 24.4 Å². The van der Waals surface area contributed by atoms with Crippen LogP contribution in [-0.4, -0.2) is 16.7 Å². The summed E-state index contributed by atoms with van der Waals surface area (Å²) in [5.74, 6) is -0.906. The quantitative estimate of drug-likeness (QED) is 0.819. The molecule has 3 nitrogen and oxygen atoms in total. The molecule has 0 spiro atoms. The van der Waals surface area contributed by atoms with Gasteiger partial charge in [0.25, 0.3) is 0 Å². The Morgan fingerprint density at radius 2 is 2.43 bits per heavy atom. The fourth-order valence-corrected chi connectivity index (χ4v) is 1.56. The first kappa shape index (κ1) is 11.2. The van der Waals surface area contributed by atoms with Crippen LogP contribution in [0.3, 0.4) is 0 Å². The van der Waals surface area contributed by atoms with Gasteiger partial charge >= 0.3 is 5.97 Å². The van der Waals surface area contributed by atoms with Gasteiger partial charge in [-0.05, 0) is 24.8 Å². The maximum atomic E-state index is 10.9. The lowest BCUT2D eigenvalue weighted by Crippen LogP contribution is -2.37. The van der Waals surface area contributed by atoms with Crippen LogP contribution in [0.15, 0.2) is 17.5 Å². The lowest BCUT2D eigenvalue weighted by molar-refractivity contribution is -0.165. The van der Waals surface area contributed by atoms with Crippen molar-refractivity contribution < 1.29 is 14.6 Å². The van der Waals surface area contributed by atoms with E-state index in [1.165, 1.54) is 0 Å². The number of hydrogen-bond donors (Lipinski definition) is 1. The molecule has 0 aromatic carbocycles. The van der Waals surface area contributed by atoms with Crippen LogP contribution in [-0.2, 0) is 16.1 Å². The zero-order chi connectivity index (χ0) is 10.6. The van der Waals surface area contributed by atoms with Crippen molar-refractivity contribution in [2.24, 2.45) is 0 Å². The third-order valence-electron chi connectivity index (χ3n) is 2.24. The van der Waals surface area contributed by atoms with Crippen molar-refractivity contribution in [1.82, 2.24) is 0 Å². The number of carboxylic acid groups (broad SMARTS) is 1. The first-order chi connectivity index (χ1) is 6.58. The molecule has 1 rings (SSSR count). The Balaban J connectivity index is 2.54. The molecule has 0 bridgehead atoms. The van der Waals surface area contributed by atoms with Crippen LogP contribution in [0.4, 0.5) is 0 Å². The fourth-order valence-electron chi connectivity index (χ4n) is 0.940. The van der Waals surface area contributed by atoms with Crippen molar-refractivity contribution >= 4 is 17.3 Å². The largest absolute Gasteiger partial charge is 0.479 e. The van der Waals surface area contributed by atoms with Crippen molar-refractivity contribution in [3.63, 3.8) is 0 Å². The van der Waals surface area contributed by atoms with E-state index in [0.29, 0.717) is 13.0 Å². The van der Waals surface area contributed by atoms with E-state index in [9.17, 15) is 4.79 Å². The predicted molar refractivity (Wildman–Crippen MR) is 55.4 cm³/mol. The predicted octanol–water partition coefficient (Wildman–Crippen LogP) is 2.52. The van der Waals surface area contributed by atoms with Crippen LogP contribution in [0, 0.1) is 0 Å². The Kier molecular flexibility index (Phi) is 3.66. The maximum absolute atomic E-state index is 10.9. The van der Waals surface area contributed by atoms with Gasteiger partial charge in [-0.25, -0.2) is 4.79 Å². The summed E-state index contributed by atoms with van der Waals surface area (Å²) in [5.41, 5.74) is -1.07. The lowest BCUT2D eigenvalue weighted by atomic mass is 10.0. The molecule has 0 saturated carbocycles. The second kappa shape index (κ2) is 4.57. The second-order valence-electron chi connectivity index (χ2n) is 3.26. The van der Waals surface area contributed by atoms with Crippen molar-refractivity contribution in [2.45, 2.75) is 32.5 Å². The average molecular weight is 214 g/mol. The van der Waals surface area contributed by atoms with Gasteiger partial charge in [0.05, 0.1) is 6.61 Å². The zero-order valence-corrected chi connectivity index (χ0v) is 9.13. The van der Waals surface area contributed by atoms with Crippen LogP contribution >= 0.6 is 11.3 Å². The van der Waals surface area contributed by atoms with Crippen LogP contribution in [0.1, 0.15) is 25.1 Å². The van der Waals surface area contributed by atoms with Gasteiger partial charge in [0, 0.05) is 4.88 Å². The number of hydrogen-bond acceptors (Lipinski definition) is 3. The molecule has 78 valence electrons. The summed E-state index contributed by atoms with van der Waals surface area (Å²) in [6.07, 6.45) is 0.466. The lowest BCUT2D eigenvalue weighted by Gasteiger charge is -2.23. The van der Waals surface area contributed by atoms with Crippen molar-refractivity contribution in [3.8, 4) is 0 Å². The summed E-state index contributed by atoms with van der Waals surface area (Å²) < 4.78 is 5.40. The van der Waals surface area contributed by atoms with E-state index in [-0.39, 0.29) is 0 Å². The Bertz CT molecular complexity index is 294. The number of carbonyl (C=O) groups is 1. The fraction of sp³-hybridized carbons (Fsp3) is 0.500. The monoisotopic (exact) mass is 214 g/mol. The molecule has 0 fully saturated rings. The number of rotatable bonds is 5. The van der Waals surface area contributed by atoms with Crippen molar-refractivity contribution in [2.75, 3.05) is 0 Å². The zero-order valence-electron chi connectivity index (χ0n) is 8.32.